The first-order valence-electron chi connectivity index (χ1n) is 24.2. The summed E-state index contributed by atoms with van der Waals surface area (Å²) in [5.41, 5.74) is 15.5. The summed E-state index contributed by atoms with van der Waals surface area (Å²) in [6.45, 7) is 0. The minimum atomic E-state index is -2.89. The van der Waals surface area contributed by atoms with Crippen LogP contribution < -0.4 is 25.6 Å². The van der Waals surface area contributed by atoms with E-state index in [0.717, 1.165) is 17.1 Å². The summed E-state index contributed by atoms with van der Waals surface area (Å²) in [5.74, 6) is 0. The highest BCUT2D eigenvalue weighted by atomic mass is 32.1. The minimum absolute atomic E-state index is 0.558. The lowest BCUT2D eigenvalue weighted by molar-refractivity contribution is 0.768. The zero-order chi connectivity index (χ0) is 46.2. The van der Waals surface area contributed by atoms with Gasteiger partial charge < -0.3 is 4.90 Å². The number of hydrogen-bond acceptors (Lipinski definition) is 2. The summed E-state index contributed by atoms with van der Waals surface area (Å²) in [4.78, 5) is 2.58. The maximum atomic E-state index is 2.58. The smallest absolute Gasteiger partial charge is 0.180 e. The van der Waals surface area contributed by atoms with Crippen LogP contribution in [-0.2, 0) is 5.41 Å². The van der Waals surface area contributed by atoms with Crippen LogP contribution >= 0.6 is 11.3 Å². The molecule has 11 aromatic carbocycles. The van der Waals surface area contributed by atoms with Crippen molar-refractivity contribution in [3.05, 3.63) is 295 Å². The third-order valence-electron chi connectivity index (χ3n) is 15.2. The first kappa shape index (κ1) is 40.7. The van der Waals surface area contributed by atoms with Gasteiger partial charge in [-0.2, -0.15) is 0 Å². The van der Waals surface area contributed by atoms with Gasteiger partial charge in [0.15, 0.2) is 8.07 Å². The highest BCUT2D eigenvalue weighted by Gasteiger charge is 2.49. The summed E-state index contributed by atoms with van der Waals surface area (Å²) >= 11 is 1.88. The monoisotopic (exact) mass is 923 g/mol. The van der Waals surface area contributed by atoms with Crippen molar-refractivity contribution in [2.24, 2.45) is 0 Å². The molecule has 1 aromatic heterocycles. The maximum absolute atomic E-state index is 2.89. The molecule has 1 aliphatic heterocycles. The van der Waals surface area contributed by atoms with Crippen molar-refractivity contribution in [3.8, 4) is 33.4 Å². The topological polar surface area (TPSA) is 3.24 Å². The van der Waals surface area contributed by atoms with Crippen LogP contribution in [0.5, 0.6) is 0 Å². The molecule has 0 fully saturated rings. The number of nitrogens with zero attached hydrogens (tertiary/aromatic N) is 1. The number of anilines is 3. The molecule has 0 saturated heterocycles. The molecule has 14 rings (SSSR count). The van der Waals surface area contributed by atoms with Gasteiger partial charge in [-0.15, -0.1) is 11.3 Å². The number of thiophene rings is 1. The van der Waals surface area contributed by atoms with Gasteiger partial charge in [0, 0.05) is 37.1 Å². The van der Waals surface area contributed by atoms with Crippen LogP contribution in [0.25, 0.3) is 53.6 Å². The summed E-state index contributed by atoms with van der Waals surface area (Å²) in [7, 11) is -2.89. The van der Waals surface area contributed by atoms with Crippen molar-refractivity contribution < 1.29 is 0 Å². The number of hydrogen-bond donors (Lipinski definition) is 0. The first-order valence-corrected chi connectivity index (χ1v) is 27.1. The zero-order valence-electron chi connectivity index (χ0n) is 38.3. The van der Waals surface area contributed by atoms with Crippen LogP contribution in [0.2, 0.25) is 0 Å². The van der Waals surface area contributed by atoms with E-state index in [1.807, 2.05) is 11.3 Å². The fourth-order valence-electron chi connectivity index (χ4n) is 12.4. The van der Waals surface area contributed by atoms with Gasteiger partial charge in [0.1, 0.15) is 0 Å². The number of fused-ring (bicyclic) bond motifs is 9. The standard InChI is InChI=1S/C67H45NSSi/c1-5-21-46(22-6-1)53-42-39-52(70(51-27-11-4-12-28-51)65-35-19-15-31-58(65)59-32-16-20-36-66(59)70)45-62(53)68(50-38-41-57-56-30-14-18-34-63(56)69-64(57)44-50)49-37-40-55-54-29-13-17-33-60(54)67(61(55)43-49,47-23-7-2-8-24-47)48-25-9-3-10-26-48/h1-45H. The highest BCUT2D eigenvalue weighted by Crippen LogP contribution is 2.57. The average molecular weight is 924 g/mol. The Hall–Kier alpha value is -8.34. The van der Waals surface area contributed by atoms with Gasteiger partial charge >= 0.3 is 0 Å². The van der Waals surface area contributed by atoms with Gasteiger partial charge in [-0.05, 0) is 107 Å². The second-order valence-corrected chi connectivity index (χ2v) is 23.5. The first-order chi connectivity index (χ1) is 34.7. The van der Waals surface area contributed by atoms with Crippen molar-refractivity contribution in [1.82, 2.24) is 0 Å². The fraction of sp³-hybridized carbons (Fsp3) is 0.0149. The molecule has 12 aromatic rings. The maximum Gasteiger partial charge on any atom is 0.180 e. The van der Waals surface area contributed by atoms with E-state index in [2.05, 4.69) is 278 Å². The normalized spacial score (nSPS) is 13.7. The molecule has 1 nitrogen and oxygen atoms in total. The third-order valence-corrected chi connectivity index (χ3v) is 21.2. The fourth-order valence-corrected chi connectivity index (χ4v) is 18.7. The van der Waals surface area contributed by atoms with Crippen LogP contribution in [0.15, 0.2) is 273 Å². The number of rotatable bonds is 8. The quantitative estimate of drug-likeness (QED) is 0.137. The van der Waals surface area contributed by atoms with Gasteiger partial charge in [-0.25, -0.2) is 0 Å². The highest BCUT2D eigenvalue weighted by molar-refractivity contribution is 7.26. The molecule has 70 heavy (non-hydrogen) atoms. The molecule has 3 heteroatoms. The lowest BCUT2D eigenvalue weighted by Gasteiger charge is -2.36. The Morgan fingerprint density at radius 2 is 0.843 bits per heavy atom. The van der Waals surface area contributed by atoms with Gasteiger partial charge in [-0.3, -0.25) is 0 Å². The molecule has 0 spiro atoms. The van der Waals surface area contributed by atoms with Crippen LogP contribution in [0, 0.1) is 0 Å². The Morgan fingerprint density at radius 1 is 0.329 bits per heavy atom. The molecule has 1 aliphatic carbocycles. The zero-order valence-corrected chi connectivity index (χ0v) is 40.2. The molecular weight excluding hydrogens is 879 g/mol. The van der Waals surface area contributed by atoms with E-state index >= 15 is 0 Å². The van der Waals surface area contributed by atoms with E-state index in [9.17, 15) is 0 Å². The Balaban J connectivity index is 1.10. The van der Waals surface area contributed by atoms with Crippen LogP contribution in [0.1, 0.15) is 22.3 Å². The summed E-state index contributed by atoms with van der Waals surface area (Å²) < 4.78 is 2.57. The third kappa shape index (κ3) is 5.89. The Bertz CT molecular complexity index is 3870. The molecule has 0 bridgehead atoms. The molecule has 0 atom stereocenters. The van der Waals surface area contributed by atoms with E-state index < -0.39 is 13.5 Å². The molecule has 2 heterocycles. The number of benzene rings is 11. The second-order valence-electron chi connectivity index (χ2n) is 18.7. The molecular formula is C67H45NSSi. The second kappa shape index (κ2) is 16.1. The van der Waals surface area contributed by atoms with E-state index in [-0.39, 0.29) is 0 Å². The molecule has 0 N–H and O–H groups in total. The summed E-state index contributed by atoms with van der Waals surface area (Å²) in [6.07, 6.45) is 0. The lowest BCUT2D eigenvalue weighted by atomic mass is 9.67. The Kier molecular flexibility index (Phi) is 9.38. The van der Waals surface area contributed by atoms with Crippen LogP contribution in [0.4, 0.5) is 17.1 Å². The minimum Gasteiger partial charge on any atom is -0.310 e. The van der Waals surface area contributed by atoms with Gasteiger partial charge in [-0.1, -0.05) is 237 Å². The largest absolute Gasteiger partial charge is 0.310 e. The van der Waals surface area contributed by atoms with E-state index in [1.54, 1.807) is 0 Å². The van der Waals surface area contributed by atoms with E-state index in [1.165, 1.54) is 96.6 Å². The van der Waals surface area contributed by atoms with E-state index in [0.29, 0.717) is 0 Å². The van der Waals surface area contributed by atoms with Gasteiger partial charge in [0.2, 0.25) is 0 Å². The van der Waals surface area contributed by atoms with Gasteiger partial charge in [0.25, 0.3) is 0 Å². The molecule has 0 radical (unpaired) electrons. The van der Waals surface area contributed by atoms with Crippen molar-refractivity contribution >= 4 is 77.4 Å². The molecule has 2 aliphatic rings. The Morgan fingerprint density at radius 3 is 1.54 bits per heavy atom. The van der Waals surface area contributed by atoms with Crippen molar-refractivity contribution in [3.63, 3.8) is 0 Å². The van der Waals surface area contributed by atoms with Crippen LogP contribution in [0.3, 0.4) is 0 Å². The summed E-state index contributed by atoms with van der Waals surface area (Å²) in [5, 5.41) is 8.19. The summed E-state index contributed by atoms with van der Waals surface area (Å²) in [6, 6.07) is 103. The van der Waals surface area contributed by atoms with Crippen molar-refractivity contribution in [1.29, 1.82) is 0 Å². The van der Waals surface area contributed by atoms with E-state index in [4.69, 9.17) is 0 Å². The van der Waals surface area contributed by atoms with Crippen LogP contribution in [-0.4, -0.2) is 8.07 Å². The van der Waals surface area contributed by atoms with Gasteiger partial charge in [0.05, 0.1) is 11.1 Å². The van der Waals surface area contributed by atoms with Crippen molar-refractivity contribution in [2.45, 2.75) is 5.41 Å². The van der Waals surface area contributed by atoms with Crippen molar-refractivity contribution in [2.75, 3.05) is 4.90 Å². The Labute approximate surface area is 413 Å². The molecule has 0 amide bonds. The average Bonchev–Trinajstić information content (AvgIpc) is 4.07. The molecule has 328 valence electrons. The molecule has 0 saturated carbocycles. The predicted octanol–water partition coefficient (Wildman–Crippen LogP) is 14.9. The molecule has 0 unspecified atom stereocenters. The lowest BCUT2D eigenvalue weighted by Crippen LogP contribution is -2.72. The SMILES string of the molecule is c1ccc(-c2ccc([Si]3(c4ccccc4)c4ccccc4-c4ccccc43)cc2N(c2ccc3c(c2)C(c2ccccc2)(c2ccccc2)c2ccccc2-3)c2ccc3c(c2)sc2ccccc23)cc1. The predicted molar refractivity (Wildman–Crippen MR) is 299 cm³/mol.